The SMILES string of the molecule is CC(C)n1cc(N)cc1C(=O)N(C)c1ccncc1. The van der Waals surface area contributed by atoms with E-state index < -0.39 is 0 Å². The lowest BCUT2D eigenvalue weighted by molar-refractivity contribution is 0.0982. The Bertz CT molecular complexity index is 574. The van der Waals surface area contributed by atoms with Crippen LogP contribution in [0.2, 0.25) is 0 Å². The van der Waals surface area contributed by atoms with Crippen molar-refractivity contribution < 1.29 is 4.79 Å². The van der Waals surface area contributed by atoms with Crippen molar-refractivity contribution in [1.29, 1.82) is 0 Å². The molecule has 2 heterocycles. The number of carbonyl (C=O) groups excluding carboxylic acids is 1. The van der Waals surface area contributed by atoms with Crippen LogP contribution in [0.1, 0.15) is 30.4 Å². The lowest BCUT2D eigenvalue weighted by Gasteiger charge is -2.19. The van der Waals surface area contributed by atoms with Gasteiger partial charge >= 0.3 is 0 Å². The summed E-state index contributed by atoms with van der Waals surface area (Å²) in [5.41, 5.74) is 7.78. The number of aromatic nitrogens is 2. The fourth-order valence-electron chi connectivity index (χ4n) is 1.96. The number of anilines is 2. The highest BCUT2D eigenvalue weighted by molar-refractivity contribution is 6.05. The van der Waals surface area contributed by atoms with Crippen molar-refractivity contribution in [3.05, 3.63) is 42.5 Å². The molecule has 2 rings (SSSR count). The van der Waals surface area contributed by atoms with Gasteiger partial charge in [-0.3, -0.25) is 9.78 Å². The summed E-state index contributed by atoms with van der Waals surface area (Å²) >= 11 is 0. The van der Waals surface area contributed by atoms with Gasteiger partial charge in [-0.2, -0.15) is 0 Å². The second-order valence-electron chi connectivity index (χ2n) is 4.73. The summed E-state index contributed by atoms with van der Waals surface area (Å²) in [6.07, 6.45) is 5.11. The van der Waals surface area contributed by atoms with Crippen LogP contribution in [0.25, 0.3) is 0 Å². The molecule has 1 amide bonds. The van der Waals surface area contributed by atoms with Gasteiger partial charge in [0.1, 0.15) is 5.69 Å². The van der Waals surface area contributed by atoms with Crippen LogP contribution in [-0.2, 0) is 0 Å². The first-order valence-electron chi connectivity index (χ1n) is 6.16. The maximum absolute atomic E-state index is 12.5. The van der Waals surface area contributed by atoms with Gasteiger partial charge in [0.15, 0.2) is 0 Å². The smallest absolute Gasteiger partial charge is 0.274 e. The van der Waals surface area contributed by atoms with E-state index in [-0.39, 0.29) is 11.9 Å². The molecule has 0 aromatic carbocycles. The van der Waals surface area contributed by atoms with Gasteiger partial charge < -0.3 is 15.2 Å². The third-order valence-electron chi connectivity index (χ3n) is 3.00. The highest BCUT2D eigenvalue weighted by atomic mass is 16.2. The molecule has 0 saturated carbocycles. The van der Waals surface area contributed by atoms with Crippen LogP contribution < -0.4 is 10.6 Å². The van der Waals surface area contributed by atoms with Gasteiger partial charge in [0, 0.05) is 37.4 Å². The molecule has 0 aliphatic heterocycles. The van der Waals surface area contributed by atoms with E-state index in [1.54, 1.807) is 48.7 Å². The Kier molecular flexibility index (Phi) is 3.55. The molecule has 0 atom stereocenters. The molecular weight excluding hydrogens is 240 g/mol. The van der Waals surface area contributed by atoms with Crippen molar-refractivity contribution in [2.45, 2.75) is 19.9 Å². The topological polar surface area (TPSA) is 64.2 Å². The van der Waals surface area contributed by atoms with E-state index in [1.165, 1.54) is 0 Å². The summed E-state index contributed by atoms with van der Waals surface area (Å²) in [6, 6.07) is 5.48. The summed E-state index contributed by atoms with van der Waals surface area (Å²) in [4.78, 5) is 18.1. The van der Waals surface area contributed by atoms with Gasteiger partial charge in [-0.05, 0) is 32.0 Å². The van der Waals surface area contributed by atoms with Gasteiger partial charge in [0.05, 0.1) is 5.69 Å². The zero-order chi connectivity index (χ0) is 14.0. The standard InChI is InChI=1S/C14H18N4O/c1-10(2)18-9-11(15)8-13(18)14(19)17(3)12-4-6-16-7-5-12/h4-10H,15H2,1-3H3. The Morgan fingerprint density at radius 2 is 2.00 bits per heavy atom. The zero-order valence-electron chi connectivity index (χ0n) is 11.4. The Balaban J connectivity index is 2.34. The maximum atomic E-state index is 12.5. The van der Waals surface area contributed by atoms with Crippen LogP contribution in [0, 0.1) is 0 Å². The van der Waals surface area contributed by atoms with Crippen molar-refractivity contribution >= 4 is 17.3 Å². The number of hydrogen-bond acceptors (Lipinski definition) is 3. The number of carbonyl (C=O) groups is 1. The first-order chi connectivity index (χ1) is 9.00. The highest BCUT2D eigenvalue weighted by Gasteiger charge is 2.19. The van der Waals surface area contributed by atoms with Gasteiger partial charge in [-0.15, -0.1) is 0 Å². The molecule has 0 spiro atoms. The fourth-order valence-corrected chi connectivity index (χ4v) is 1.96. The first-order valence-corrected chi connectivity index (χ1v) is 6.16. The molecule has 2 N–H and O–H groups in total. The van der Waals surface area contributed by atoms with Crippen molar-refractivity contribution in [3.8, 4) is 0 Å². The van der Waals surface area contributed by atoms with E-state index in [1.807, 2.05) is 18.4 Å². The third kappa shape index (κ3) is 2.59. The molecule has 0 bridgehead atoms. The molecule has 0 saturated heterocycles. The monoisotopic (exact) mass is 258 g/mol. The average molecular weight is 258 g/mol. The van der Waals surface area contributed by atoms with Crippen LogP contribution in [0.3, 0.4) is 0 Å². The molecule has 5 heteroatoms. The summed E-state index contributed by atoms with van der Waals surface area (Å²) in [7, 11) is 1.74. The molecule has 0 aliphatic carbocycles. The maximum Gasteiger partial charge on any atom is 0.274 e. The minimum Gasteiger partial charge on any atom is -0.397 e. The lowest BCUT2D eigenvalue weighted by atomic mass is 10.3. The third-order valence-corrected chi connectivity index (χ3v) is 3.00. The number of nitrogens with zero attached hydrogens (tertiary/aromatic N) is 3. The number of amides is 1. The van der Waals surface area contributed by atoms with E-state index in [4.69, 9.17) is 5.73 Å². The predicted molar refractivity (Wildman–Crippen MR) is 76.2 cm³/mol. The van der Waals surface area contributed by atoms with Gasteiger partial charge in [-0.25, -0.2) is 0 Å². The number of nitrogens with two attached hydrogens (primary N) is 1. The molecule has 0 radical (unpaired) electrons. The molecule has 2 aromatic heterocycles. The molecular formula is C14H18N4O. The largest absolute Gasteiger partial charge is 0.397 e. The van der Waals surface area contributed by atoms with E-state index in [9.17, 15) is 4.79 Å². The van der Waals surface area contributed by atoms with Crippen molar-refractivity contribution in [3.63, 3.8) is 0 Å². The van der Waals surface area contributed by atoms with Crippen LogP contribution in [-0.4, -0.2) is 22.5 Å². The van der Waals surface area contributed by atoms with Crippen molar-refractivity contribution in [2.75, 3.05) is 17.7 Å². The minimum absolute atomic E-state index is 0.0865. The fraction of sp³-hybridized carbons (Fsp3) is 0.286. The summed E-state index contributed by atoms with van der Waals surface area (Å²) in [5, 5.41) is 0. The molecule has 5 nitrogen and oxygen atoms in total. The Hall–Kier alpha value is -2.30. The Labute approximate surface area is 112 Å². The first kappa shape index (κ1) is 13.1. The molecule has 100 valence electrons. The van der Waals surface area contributed by atoms with Gasteiger partial charge in [-0.1, -0.05) is 0 Å². The minimum atomic E-state index is -0.0865. The van der Waals surface area contributed by atoms with Crippen LogP contribution in [0.4, 0.5) is 11.4 Å². The zero-order valence-corrected chi connectivity index (χ0v) is 11.4. The molecule has 0 aliphatic rings. The van der Waals surface area contributed by atoms with E-state index >= 15 is 0 Å². The summed E-state index contributed by atoms with van der Waals surface area (Å²) < 4.78 is 1.88. The molecule has 2 aromatic rings. The number of hydrogen-bond donors (Lipinski definition) is 1. The van der Waals surface area contributed by atoms with E-state index in [0.717, 1.165) is 5.69 Å². The highest BCUT2D eigenvalue weighted by Crippen LogP contribution is 2.20. The van der Waals surface area contributed by atoms with E-state index in [0.29, 0.717) is 11.4 Å². The summed E-state index contributed by atoms with van der Waals surface area (Å²) in [5.74, 6) is -0.0865. The number of nitrogen functional groups attached to an aromatic ring is 1. The molecule has 0 fully saturated rings. The van der Waals surface area contributed by atoms with Crippen molar-refractivity contribution in [2.24, 2.45) is 0 Å². The van der Waals surface area contributed by atoms with Gasteiger partial charge in [0.25, 0.3) is 5.91 Å². The van der Waals surface area contributed by atoms with Crippen LogP contribution in [0.15, 0.2) is 36.8 Å². The second-order valence-corrected chi connectivity index (χ2v) is 4.73. The van der Waals surface area contributed by atoms with Crippen LogP contribution in [0.5, 0.6) is 0 Å². The molecule has 19 heavy (non-hydrogen) atoms. The Morgan fingerprint density at radius 1 is 1.37 bits per heavy atom. The van der Waals surface area contributed by atoms with Crippen LogP contribution >= 0.6 is 0 Å². The molecule has 0 unspecified atom stereocenters. The van der Waals surface area contributed by atoms with Gasteiger partial charge in [0.2, 0.25) is 0 Å². The lowest BCUT2D eigenvalue weighted by Crippen LogP contribution is -2.28. The van der Waals surface area contributed by atoms with Crippen molar-refractivity contribution in [1.82, 2.24) is 9.55 Å². The second kappa shape index (κ2) is 5.14. The summed E-state index contributed by atoms with van der Waals surface area (Å²) in [6.45, 7) is 4.03. The number of pyridine rings is 1. The normalized spacial score (nSPS) is 10.7. The predicted octanol–water partition coefficient (Wildman–Crippen LogP) is 2.32. The quantitative estimate of drug-likeness (QED) is 0.919. The van der Waals surface area contributed by atoms with E-state index in [2.05, 4.69) is 4.98 Å². The number of rotatable bonds is 3. The Morgan fingerprint density at radius 3 is 2.58 bits per heavy atom. The average Bonchev–Trinajstić information content (AvgIpc) is 2.80.